The van der Waals surface area contributed by atoms with Gasteiger partial charge in [0.2, 0.25) is 5.91 Å². The first-order valence-corrected chi connectivity index (χ1v) is 8.01. The number of rotatable bonds is 5. The molecule has 0 saturated heterocycles. The molecule has 26 heavy (non-hydrogen) atoms. The van der Waals surface area contributed by atoms with Crippen molar-refractivity contribution in [1.82, 2.24) is 0 Å². The normalized spacial score (nSPS) is 10.2. The van der Waals surface area contributed by atoms with Crippen LogP contribution in [0.15, 0.2) is 36.4 Å². The van der Waals surface area contributed by atoms with Crippen LogP contribution in [0.4, 0.5) is 15.8 Å². The number of nitrogens with one attached hydrogen (secondary N) is 2. The minimum atomic E-state index is -0.965. The van der Waals surface area contributed by atoms with Crippen molar-refractivity contribution in [2.24, 2.45) is 0 Å². The first-order chi connectivity index (χ1) is 12.3. The molecule has 0 radical (unpaired) electrons. The number of carbonyl (C=O) groups is 3. The molecule has 0 unspecified atom stereocenters. The summed E-state index contributed by atoms with van der Waals surface area (Å²) in [7, 11) is 0. The van der Waals surface area contributed by atoms with Gasteiger partial charge in [0.1, 0.15) is 5.82 Å². The van der Waals surface area contributed by atoms with Gasteiger partial charge in [0.25, 0.3) is 5.91 Å². The summed E-state index contributed by atoms with van der Waals surface area (Å²) in [4.78, 5) is 34.8. The summed E-state index contributed by atoms with van der Waals surface area (Å²) in [6.45, 7) is 0.749. The second-order valence-electron chi connectivity index (χ2n) is 5.13. The smallest absolute Gasteiger partial charge is 0.340 e. The maximum Gasteiger partial charge on any atom is 0.340 e. The van der Waals surface area contributed by atoms with Gasteiger partial charge in [0.15, 0.2) is 6.61 Å². The Morgan fingerprint density at radius 2 is 1.69 bits per heavy atom. The first-order valence-electron chi connectivity index (χ1n) is 7.25. The lowest BCUT2D eigenvalue weighted by Crippen LogP contribution is -2.21. The van der Waals surface area contributed by atoms with Gasteiger partial charge in [-0.25, -0.2) is 9.18 Å². The fraction of sp³-hybridized carbons (Fsp3) is 0.118. The van der Waals surface area contributed by atoms with Crippen LogP contribution in [0.2, 0.25) is 10.0 Å². The molecule has 0 atom stereocenters. The molecule has 6 nitrogen and oxygen atoms in total. The van der Waals surface area contributed by atoms with Crippen molar-refractivity contribution < 1.29 is 23.5 Å². The third kappa shape index (κ3) is 5.44. The van der Waals surface area contributed by atoms with Gasteiger partial charge in [0.05, 0.1) is 15.6 Å². The predicted octanol–water partition coefficient (Wildman–Crippen LogP) is 3.89. The van der Waals surface area contributed by atoms with Gasteiger partial charge in [-0.05, 0) is 30.3 Å². The summed E-state index contributed by atoms with van der Waals surface area (Å²) >= 11 is 11.4. The lowest BCUT2D eigenvalue weighted by Gasteiger charge is -2.09. The Kier molecular flexibility index (Phi) is 6.54. The Hall–Kier alpha value is -2.64. The molecule has 2 aromatic rings. The monoisotopic (exact) mass is 398 g/mol. The third-order valence-electron chi connectivity index (χ3n) is 3.03. The molecule has 9 heteroatoms. The van der Waals surface area contributed by atoms with Crippen molar-refractivity contribution in [3.8, 4) is 0 Å². The molecule has 2 amide bonds. The number of esters is 1. The Bertz CT molecular complexity index is 874. The van der Waals surface area contributed by atoms with Crippen molar-refractivity contribution in [2.45, 2.75) is 6.92 Å². The highest BCUT2D eigenvalue weighted by Crippen LogP contribution is 2.25. The van der Waals surface area contributed by atoms with Gasteiger partial charge in [-0.3, -0.25) is 9.59 Å². The molecule has 136 valence electrons. The van der Waals surface area contributed by atoms with Crippen molar-refractivity contribution in [3.05, 3.63) is 57.8 Å². The highest BCUT2D eigenvalue weighted by Gasteiger charge is 2.17. The molecule has 0 aliphatic heterocycles. The van der Waals surface area contributed by atoms with E-state index in [4.69, 9.17) is 27.9 Å². The average Bonchev–Trinajstić information content (AvgIpc) is 2.55. The van der Waals surface area contributed by atoms with E-state index in [1.807, 2.05) is 0 Å². The minimum Gasteiger partial charge on any atom is -0.452 e. The number of ether oxygens (including phenoxy) is 1. The van der Waals surface area contributed by atoms with Crippen LogP contribution in [0.1, 0.15) is 17.3 Å². The van der Waals surface area contributed by atoms with E-state index in [1.54, 1.807) is 18.2 Å². The Morgan fingerprint density at radius 1 is 1.04 bits per heavy atom. The lowest BCUT2D eigenvalue weighted by atomic mass is 10.2. The summed E-state index contributed by atoms with van der Waals surface area (Å²) in [5, 5.41) is 4.75. The summed E-state index contributed by atoms with van der Waals surface area (Å²) < 4.78 is 18.2. The van der Waals surface area contributed by atoms with Gasteiger partial charge >= 0.3 is 5.97 Å². The summed E-state index contributed by atoms with van der Waals surface area (Å²) in [5.74, 6) is -2.67. The van der Waals surface area contributed by atoms with Crippen LogP contribution in [-0.4, -0.2) is 24.4 Å². The fourth-order valence-electron chi connectivity index (χ4n) is 1.96. The zero-order chi connectivity index (χ0) is 19.3. The Balaban J connectivity index is 1.96. The zero-order valence-electron chi connectivity index (χ0n) is 13.4. The summed E-state index contributed by atoms with van der Waals surface area (Å²) in [6.07, 6.45) is 0. The molecule has 0 heterocycles. The van der Waals surface area contributed by atoms with Crippen LogP contribution in [-0.2, 0) is 14.3 Å². The van der Waals surface area contributed by atoms with Gasteiger partial charge < -0.3 is 15.4 Å². The van der Waals surface area contributed by atoms with E-state index < -0.39 is 24.3 Å². The quantitative estimate of drug-likeness (QED) is 0.590. The Labute approximate surface area is 158 Å². The molecule has 2 N–H and O–H groups in total. The van der Waals surface area contributed by atoms with Crippen LogP contribution < -0.4 is 10.6 Å². The molecular formula is C17H13Cl2FN2O4. The van der Waals surface area contributed by atoms with Crippen LogP contribution >= 0.6 is 23.2 Å². The van der Waals surface area contributed by atoms with E-state index >= 15 is 0 Å². The molecule has 0 saturated carbocycles. The fourth-order valence-corrected chi connectivity index (χ4v) is 2.42. The van der Waals surface area contributed by atoms with E-state index in [0.717, 1.165) is 12.1 Å². The molecule has 0 bridgehead atoms. The standard InChI is InChI=1S/C17H13Cl2FN2O4/c1-9(23)21-10-3-2-4-11(5-10)22-16(24)8-26-17(25)12-6-15(20)14(19)7-13(12)18/h2-7H,8H2,1H3,(H,21,23)(H,22,24). The van der Waals surface area contributed by atoms with Crippen LogP contribution in [0.5, 0.6) is 0 Å². The van der Waals surface area contributed by atoms with Gasteiger partial charge in [-0.1, -0.05) is 29.3 Å². The SMILES string of the molecule is CC(=O)Nc1cccc(NC(=O)COC(=O)c2cc(F)c(Cl)cc2Cl)c1. The maximum atomic E-state index is 13.4. The molecule has 0 aliphatic rings. The van der Waals surface area contributed by atoms with Gasteiger partial charge in [-0.15, -0.1) is 0 Å². The maximum absolute atomic E-state index is 13.4. The van der Waals surface area contributed by atoms with Crippen molar-refractivity contribution in [1.29, 1.82) is 0 Å². The average molecular weight is 399 g/mol. The largest absolute Gasteiger partial charge is 0.452 e. The highest BCUT2D eigenvalue weighted by molar-refractivity contribution is 6.36. The summed E-state index contributed by atoms with van der Waals surface area (Å²) in [6, 6.07) is 8.31. The zero-order valence-corrected chi connectivity index (χ0v) is 14.9. The number of carbonyl (C=O) groups excluding carboxylic acids is 3. The molecule has 0 fully saturated rings. The first kappa shape index (κ1) is 19.7. The molecule has 2 rings (SSSR count). The predicted molar refractivity (Wildman–Crippen MR) is 96.1 cm³/mol. The second kappa shape index (κ2) is 8.64. The van der Waals surface area contributed by atoms with Crippen molar-refractivity contribution in [3.63, 3.8) is 0 Å². The second-order valence-corrected chi connectivity index (χ2v) is 5.95. The van der Waals surface area contributed by atoms with E-state index in [0.29, 0.717) is 11.4 Å². The van der Waals surface area contributed by atoms with Crippen molar-refractivity contribution in [2.75, 3.05) is 17.2 Å². The van der Waals surface area contributed by atoms with E-state index in [1.165, 1.54) is 13.0 Å². The van der Waals surface area contributed by atoms with E-state index in [-0.39, 0.29) is 21.5 Å². The third-order valence-corrected chi connectivity index (χ3v) is 3.63. The van der Waals surface area contributed by atoms with Crippen LogP contribution in [0.25, 0.3) is 0 Å². The summed E-state index contributed by atoms with van der Waals surface area (Å²) in [5.41, 5.74) is 0.651. The molecular weight excluding hydrogens is 386 g/mol. The Morgan fingerprint density at radius 3 is 2.35 bits per heavy atom. The molecule has 2 aromatic carbocycles. The molecule has 0 spiro atoms. The lowest BCUT2D eigenvalue weighted by molar-refractivity contribution is -0.119. The number of anilines is 2. The minimum absolute atomic E-state index is 0.0928. The van der Waals surface area contributed by atoms with Crippen LogP contribution in [0.3, 0.4) is 0 Å². The molecule has 0 aliphatic carbocycles. The number of hydrogen-bond acceptors (Lipinski definition) is 4. The van der Waals surface area contributed by atoms with Crippen LogP contribution in [0, 0.1) is 5.82 Å². The van der Waals surface area contributed by atoms with E-state index in [2.05, 4.69) is 10.6 Å². The van der Waals surface area contributed by atoms with Crippen molar-refractivity contribution >= 4 is 52.4 Å². The topological polar surface area (TPSA) is 84.5 Å². The van der Waals surface area contributed by atoms with Gasteiger partial charge in [0, 0.05) is 18.3 Å². The number of halogens is 3. The number of amides is 2. The number of hydrogen-bond donors (Lipinski definition) is 2. The molecule has 0 aromatic heterocycles. The number of benzene rings is 2. The van der Waals surface area contributed by atoms with Gasteiger partial charge in [-0.2, -0.15) is 0 Å². The van der Waals surface area contributed by atoms with E-state index in [9.17, 15) is 18.8 Å². The highest BCUT2D eigenvalue weighted by atomic mass is 35.5.